The minimum absolute atomic E-state index is 0.0123. The zero-order chi connectivity index (χ0) is 17.7. The molecule has 3 aromatic rings. The fraction of sp³-hybridized carbons (Fsp3) is 0.500. The lowest BCUT2D eigenvalue weighted by atomic mass is 10.00. The Morgan fingerprint density at radius 2 is 1.92 bits per heavy atom. The average molecular weight is 357 g/mol. The van der Waals surface area contributed by atoms with E-state index in [1.807, 2.05) is 25.1 Å². The maximum absolute atomic E-state index is 13.2. The number of aromatic nitrogens is 3. The Balaban J connectivity index is 1.96. The van der Waals surface area contributed by atoms with E-state index in [1.165, 1.54) is 17.8 Å². The Bertz CT molecular complexity index is 982. The summed E-state index contributed by atoms with van der Waals surface area (Å²) >= 11 is 1.44. The number of anilines is 1. The van der Waals surface area contributed by atoms with Crippen LogP contribution in [0.5, 0.6) is 0 Å². The Morgan fingerprint density at radius 1 is 1.20 bits per heavy atom. The second-order valence-corrected chi connectivity index (χ2v) is 8.09. The van der Waals surface area contributed by atoms with Gasteiger partial charge < -0.3 is 9.91 Å². The van der Waals surface area contributed by atoms with Crippen molar-refractivity contribution in [3.05, 3.63) is 28.9 Å². The highest BCUT2D eigenvalue weighted by Gasteiger charge is 2.27. The molecule has 2 unspecified atom stereocenters. The molecule has 4 rings (SSSR count). The van der Waals surface area contributed by atoms with Gasteiger partial charge in [-0.15, -0.1) is 11.3 Å². The fourth-order valence-corrected chi connectivity index (χ4v) is 4.94. The maximum atomic E-state index is 13.2. The van der Waals surface area contributed by atoms with E-state index in [0.717, 1.165) is 34.3 Å². The Labute approximate surface area is 150 Å². The maximum Gasteiger partial charge on any atom is 0.290 e. The molecule has 2 atom stereocenters. The van der Waals surface area contributed by atoms with E-state index >= 15 is 0 Å². The Hall–Kier alpha value is -2.15. The molecule has 1 aliphatic rings. The summed E-state index contributed by atoms with van der Waals surface area (Å²) < 4.78 is 2.41. The molecule has 0 bridgehead atoms. The largest absolute Gasteiger partial charge is 0.377 e. The van der Waals surface area contributed by atoms with E-state index in [9.17, 15) is 4.79 Å². The van der Waals surface area contributed by atoms with Crippen LogP contribution in [0.2, 0.25) is 0 Å². The van der Waals surface area contributed by atoms with Gasteiger partial charge in [-0.1, -0.05) is 0 Å². The highest BCUT2D eigenvalue weighted by molar-refractivity contribution is 7.25. The third-order valence-corrected chi connectivity index (χ3v) is 6.20. The predicted octanol–water partition coefficient (Wildman–Crippen LogP) is 2.97. The zero-order valence-electron chi connectivity index (χ0n) is 15.1. The highest BCUT2D eigenvalue weighted by Crippen LogP contribution is 2.35. The number of hydrogen-bond donors (Lipinski definition) is 0. The van der Waals surface area contributed by atoms with Gasteiger partial charge in [-0.05, 0) is 39.2 Å². The molecule has 3 aromatic heterocycles. The van der Waals surface area contributed by atoms with Crippen LogP contribution in [-0.4, -0.2) is 40.8 Å². The molecule has 25 heavy (non-hydrogen) atoms. The van der Waals surface area contributed by atoms with Gasteiger partial charge >= 0.3 is 0 Å². The summed E-state index contributed by atoms with van der Waals surface area (Å²) in [5.74, 6) is 0. The number of rotatable bonds is 2. The van der Waals surface area contributed by atoms with Crippen molar-refractivity contribution < 1.29 is 0 Å². The van der Waals surface area contributed by atoms with Crippen LogP contribution in [0.1, 0.15) is 33.1 Å². The molecule has 0 spiro atoms. The molecule has 0 aliphatic carbocycles. The number of thiophene rings is 1. The van der Waals surface area contributed by atoms with Gasteiger partial charge in [-0.2, -0.15) is 0 Å². The minimum atomic E-state index is 0.0123. The van der Waals surface area contributed by atoms with Crippen LogP contribution in [0.25, 0.3) is 20.4 Å². The van der Waals surface area contributed by atoms with Gasteiger partial charge in [0.1, 0.15) is 21.4 Å². The van der Waals surface area contributed by atoms with Gasteiger partial charge in [0, 0.05) is 32.4 Å². The first-order valence-corrected chi connectivity index (χ1v) is 9.55. The number of fused-ring (bicyclic) bond motifs is 3. The lowest BCUT2D eigenvalue weighted by molar-refractivity contribution is 0.330. The zero-order valence-corrected chi connectivity index (χ0v) is 15.9. The Morgan fingerprint density at radius 3 is 2.60 bits per heavy atom. The monoisotopic (exact) mass is 357 g/mol. The van der Waals surface area contributed by atoms with Gasteiger partial charge in [0.15, 0.2) is 0 Å². The number of pyridine rings is 1. The van der Waals surface area contributed by atoms with Crippen molar-refractivity contribution in [3.63, 3.8) is 0 Å². The van der Waals surface area contributed by atoms with Crippen LogP contribution in [-0.2, 0) is 0 Å². The molecule has 6 nitrogen and oxygen atoms in total. The quantitative estimate of drug-likeness (QED) is 0.706. The molecule has 0 aromatic carbocycles. The highest BCUT2D eigenvalue weighted by atomic mass is 32.1. The smallest absolute Gasteiger partial charge is 0.290 e. The van der Waals surface area contributed by atoms with Crippen molar-refractivity contribution in [1.82, 2.24) is 14.6 Å². The summed E-state index contributed by atoms with van der Waals surface area (Å²) in [4.78, 5) is 25.3. The van der Waals surface area contributed by atoms with E-state index < -0.39 is 0 Å². The van der Waals surface area contributed by atoms with Gasteiger partial charge in [0.2, 0.25) is 0 Å². The van der Waals surface area contributed by atoms with Crippen LogP contribution in [0.3, 0.4) is 0 Å². The molecule has 7 heteroatoms. The summed E-state index contributed by atoms with van der Waals surface area (Å²) in [6.07, 6.45) is 6.91. The first-order chi connectivity index (χ1) is 12.0. The van der Waals surface area contributed by atoms with Crippen LogP contribution in [0.4, 0.5) is 5.69 Å². The third-order valence-electron chi connectivity index (χ3n) is 5.12. The molecule has 132 valence electrons. The first kappa shape index (κ1) is 16.3. The molecule has 0 amide bonds. The van der Waals surface area contributed by atoms with Crippen molar-refractivity contribution in [2.24, 2.45) is 0 Å². The molecular weight excluding hydrogens is 334 g/mol. The lowest BCUT2D eigenvalue weighted by Crippen LogP contribution is -2.54. The molecule has 4 heterocycles. The summed E-state index contributed by atoms with van der Waals surface area (Å²) in [6.45, 7) is 4.37. The van der Waals surface area contributed by atoms with E-state index in [0.29, 0.717) is 16.8 Å². The van der Waals surface area contributed by atoms with Gasteiger partial charge in [0.25, 0.3) is 5.56 Å². The second-order valence-electron chi connectivity index (χ2n) is 7.09. The molecule has 0 radical (unpaired) electrons. The molecular formula is C18H23N5OS. The molecule has 1 saturated heterocycles. The van der Waals surface area contributed by atoms with Crippen molar-refractivity contribution in [3.8, 4) is 0 Å². The van der Waals surface area contributed by atoms with Crippen molar-refractivity contribution in [2.75, 3.05) is 24.0 Å². The first-order valence-electron chi connectivity index (χ1n) is 8.74. The van der Waals surface area contributed by atoms with Crippen molar-refractivity contribution in [2.45, 2.75) is 45.2 Å². The number of hydrogen-bond acceptors (Lipinski definition) is 6. The number of nitrogens with zero attached hydrogens (tertiary/aromatic N) is 5. The SMILES string of the molecule is CC1CCCC(C)N1n1cnc2c(sc3nccc(N(C)C)c32)c1=O. The summed E-state index contributed by atoms with van der Waals surface area (Å²) in [5.41, 5.74) is 1.81. The standard InChI is InChI=1S/C18H23N5OS/c1-11-6-5-7-12(2)23(11)22-10-20-15-14-13(21(3)4)8-9-19-17(14)25-16(15)18(22)24/h8-12H,5-7H2,1-4H3. The van der Waals surface area contributed by atoms with Gasteiger partial charge in [-0.25, -0.2) is 14.6 Å². The second kappa shape index (κ2) is 5.98. The van der Waals surface area contributed by atoms with E-state index in [1.54, 1.807) is 17.2 Å². The normalized spacial score (nSPS) is 21.2. The average Bonchev–Trinajstić information content (AvgIpc) is 2.96. The van der Waals surface area contributed by atoms with Crippen molar-refractivity contribution in [1.29, 1.82) is 0 Å². The minimum Gasteiger partial charge on any atom is -0.377 e. The van der Waals surface area contributed by atoms with E-state index in [-0.39, 0.29) is 5.56 Å². The lowest BCUT2D eigenvalue weighted by Gasteiger charge is -2.40. The van der Waals surface area contributed by atoms with E-state index in [2.05, 4.69) is 28.8 Å². The topological polar surface area (TPSA) is 54.3 Å². The number of piperidine rings is 1. The molecule has 0 N–H and O–H groups in total. The molecule has 0 saturated carbocycles. The predicted molar refractivity (Wildman–Crippen MR) is 105 cm³/mol. The third kappa shape index (κ3) is 2.49. The van der Waals surface area contributed by atoms with Crippen LogP contribution in [0.15, 0.2) is 23.4 Å². The summed E-state index contributed by atoms with van der Waals surface area (Å²) in [6, 6.07) is 2.65. The Kier molecular flexibility index (Phi) is 3.91. The molecule has 1 aliphatic heterocycles. The van der Waals surface area contributed by atoms with Gasteiger partial charge in [-0.3, -0.25) is 4.79 Å². The van der Waals surface area contributed by atoms with E-state index in [4.69, 9.17) is 0 Å². The van der Waals surface area contributed by atoms with Crippen LogP contribution in [0, 0.1) is 0 Å². The van der Waals surface area contributed by atoms with Crippen molar-refractivity contribution >= 4 is 37.5 Å². The summed E-state index contributed by atoms with van der Waals surface area (Å²) in [7, 11) is 3.99. The van der Waals surface area contributed by atoms with Crippen LogP contribution < -0.4 is 15.5 Å². The fourth-order valence-electron chi connectivity index (χ4n) is 3.90. The van der Waals surface area contributed by atoms with Crippen LogP contribution >= 0.6 is 11.3 Å². The summed E-state index contributed by atoms with van der Waals surface area (Å²) in [5, 5.41) is 3.15. The van der Waals surface area contributed by atoms with Gasteiger partial charge in [0.05, 0.1) is 11.1 Å². The molecule has 1 fully saturated rings.